The van der Waals surface area contributed by atoms with Gasteiger partial charge in [-0.2, -0.15) is 0 Å². The van der Waals surface area contributed by atoms with Crippen LogP contribution < -0.4 is 4.74 Å². The van der Waals surface area contributed by atoms with Crippen LogP contribution in [0.5, 0.6) is 5.75 Å². The molecule has 1 aromatic heterocycles. The van der Waals surface area contributed by atoms with Crippen LogP contribution in [0.15, 0.2) is 18.2 Å². The number of methoxy groups -OCH3 is 1. The standard InChI is InChI=1S/C15H20N2O/c1-15(8-4-3-5-9-15)14-16-12-7-6-11(18-2)10-13(12)17-14/h6-7,10H,3-5,8-9H2,1-2H3,(H,16,17). The molecule has 0 amide bonds. The highest BCUT2D eigenvalue weighted by Gasteiger charge is 2.31. The van der Waals surface area contributed by atoms with Crippen LogP contribution in [0.1, 0.15) is 44.9 Å². The minimum absolute atomic E-state index is 0.227. The van der Waals surface area contributed by atoms with Gasteiger partial charge in [0.15, 0.2) is 0 Å². The summed E-state index contributed by atoms with van der Waals surface area (Å²) in [5.41, 5.74) is 2.35. The maximum atomic E-state index is 5.25. The SMILES string of the molecule is COc1ccc2nc(C3(C)CCCCC3)[nH]c2c1. The first kappa shape index (κ1) is 11.6. The van der Waals surface area contributed by atoms with Crippen molar-refractivity contribution < 1.29 is 4.74 Å². The Morgan fingerprint density at radius 1 is 1.22 bits per heavy atom. The van der Waals surface area contributed by atoms with Crippen molar-refractivity contribution in [2.75, 3.05) is 7.11 Å². The lowest BCUT2D eigenvalue weighted by Gasteiger charge is -2.31. The number of rotatable bonds is 2. The molecule has 0 unspecified atom stereocenters. The van der Waals surface area contributed by atoms with Crippen LogP contribution in [0, 0.1) is 0 Å². The van der Waals surface area contributed by atoms with E-state index in [9.17, 15) is 0 Å². The van der Waals surface area contributed by atoms with E-state index in [4.69, 9.17) is 9.72 Å². The first-order valence-electron chi connectivity index (χ1n) is 6.75. The Hall–Kier alpha value is -1.51. The fraction of sp³-hybridized carbons (Fsp3) is 0.533. The van der Waals surface area contributed by atoms with Gasteiger partial charge < -0.3 is 9.72 Å². The van der Waals surface area contributed by atoms with Gasteiger partial charge in [-0.3, -0.25) is 0 Å². The monoisotopic (exact) mass is 244 g/mol. The van der Waals surface area contributed by atoms with Crippen LogP contribution in [0.25, 0.3) is 11.0 Å². The zero-order chi connectivity index (χ0) is 12.6. The van der Waals surface area contributed by atoms with Crippen molar-refractivity contribution in [1.29, 1.82) is 0 Å². The van der Waals surface area contributed by atoms with Gasteiger partial charge in [-0.15, -0.1) is 0 Å². The first-order valence-corrected chi connectivity index (χ1v) is 6.75. The normalized spacial score (nSPS) is 19.0. The number of imidazole rings is 1. The number of fused-ring (bicyclic) bond motifs is 1. The highest BCUT2D eigenvalue weighted by molar-refractivity contribution is 5.77. The van der Waals surface area contributed by atoms with Gasteiger partial charge in [0.1, 0.15) is 11.6 Å². The van der Waals surface area contributed by atoms with Crippen molar-refractivity contribution in [2.24, 2.45) is 0 Å². The number of H-pyrrole nitrogens is 1. The Morgan fingerprint density at radius 2 is 2.00 bits per heavy atom. The number of aromatic amines is 1. The van der Waals surface area contributed by atoms with Crippen molar-refractivity contribution >= 4 is 11.0 Å². The molecule has 96 valence electrons. The molecule has 0 radical (unpaired) electrons. The fourth-order valence-corrected chi connectivity index (χ4v) is 2.97. The van der Waals surface area contributed by atoms with E-state index in [-0.39, 0.29) is 5.41 Å². The Bertz CT molecular complexity index is 553. The molecule has 1 fully saturated rings. The summed E-state index contributed by atoms with van der Waals surface area (Å²) in [5, 5.41) is 0. The number of hydrogen-bond acceptors (Lipinski definition) is 2. The molecule has 0 atom stereocenters. The molecule has 1 N–H and O–H groups in total. The van der Waals surface area contributed by atoms with Crippen molar-refractivity contribution in [3.8, 4) is 5.75 Å². The third-order valence-corrected chi connectivity index (χ3v) is 4.22. The third kappa shape index (κ3) is 1.88. The lowest BCUT2D eigenvalue weighted by Crippen LogP contribution is -2.26. The largest absolute Gasteiger partial charge is 0.497 e. The highest BCUT2D eigenvalue weighted by Crippen LogP contribution is 2.38. The molecule has 3 rings (SSSR count). The summed E-state index contributed by atoms with van der Waals surface area (Å²) in [6.07, 6.45) is 6.48. The van der Waals surface area contributed by atoms with Gasteiger partial charge in [0.05, 0.1) is 18.1 Å². The number of nitrogens with zero attached hydrogens (tertiary/aromatic N) is 1. The first-order chi connectivity index (χ1) is 8.71. The molecule has 0 spiro atoms. The van der Waals surface area contributed by atoms with E-state index < -0.39 is 0 Å². The minimum atomic E-state index is 0.227. The molecule has 18 heavy (non-hydrogen) atoms. The zero-order valence-corrected chi connectivity index (χ0v) is 11.1. The van der Waals surface area contributed by atoms with Gasteiger partial charge in [0.25, 0.3) is 0 Å². The van der Waals surface area contributed by atoms with Crippen molar-refractivity contribution in [3.05, 3.63) is 24.0 Å². The molecule has 1 heterocycles. The summed E-state index contributed by atoms with van der Waals surface area (Å²) in [7, 11) is 1.70. The molecule has 0 aliphatic heterocycles. The lowest BCUT2D eigenvalue weighted by molar-refractivity contribution is 0.306. The van der Waals surface area contributed by atoms with Crippen molar-refractivity contribution in [3.63, 3.8) is 0 Å². The number of benzene rings is 1. The lowest BCUT2D eigenvalue weighted by atomic mass is 9.75. The second kappa shape index (κ2) is 4.30. The summed E-state index contributed by atoms with van der Waals surface area (Å²) in [6, 6.07) is 6.02. The maximum absolute atomic E-state index is 5.25. The molecule has 1 saturated carbocycles. The summed E-state index contributed by atoms with van der Waals surface area (Å²) in [6.45, 7) is 2.33. The number of ether oxygens (including phenoxy) is 1. The van der Waals surface area contributed by atoms with Gasteiger partial charge in [0, 0.05) is 11.5 Å². The van der Waals surface area contributed by atoms with Crippen LogP contribution >= 0.6 is 0 Å². The maximum Gasteiger partial charge on any atom is 0.121 e. The average Bonchev–Trinajstić information content (AvgIpc) is 2.83. The van der Waals surface area contributed by atoms with Gasteiger partial charge in [-0.25, -0.2) is 4.98 Å². The van der Waals surface area contributed by atoms with E-state index in [0.29, 0.717) is 0 Å². The molecule has 0 bridgehead atoms. The Labute approximate surface area is 108 Å². The molecule has 1 aliphatic rings. The summed E-state index contributed by atoms with van der Waals surface area (Å²) < 4.78 is 5.25. The van der Waals surface area contributed by atoms with Crippen LogP contribution in [-0.2, 0) is 5.41 Å². The van der Waals surface area contributed by atoms with Gasteiger partial charge in [-0.05, 0) is 25.0 Å². The Morgan fingerprint density at radius 3 is 2.72 bits per heavy atom. The molecule has 3 heteroatoms. The van der Waals surface area contributed by atoms with E-state index in [1.165, 1.54) is 32.1 Å². The minimum Gasteiger partial charge on any atom is -0.497 e. The number of hydrogen-bond donors (Lipinski definition) is 1. The predicted octanol–water partition coefficient (Wildman–Crippen LogP) is 3.79. The summed E-state index contributed by atoms with van der Waals surface area (Å²) >= 11 is 0. The topological polar surface area (TPSA) is 37.9 Å². The second-order valence-electron chi connectivity index (χ2n) is 5.59. The fourth-order valence-electron chi connectivity index (χ4n) is 2.97. The molecule has 0 saturated heterocycles. The van der Waals surface area contributed by atoms with E-state index in [1.54, 1.807) is 7.11 Å². The molecular formula is C15H20N2O. The van der Waals surface area contributed by atoms with E-state index in [1.807, 2.05) is 18.2 Å². The summed E-state index contributed by atoms with van der Waals surface area (Å²) in [4.78, 5) is 8.26. The van der Waals surface area contributed by atoms with Crippen LogP contribution in [0.4, 0.5) is 0 Å². The number of aromatic nitrogens is 2. The van der Waals surface area contributed by atoms with Gasteiger partial charge in [-0.1, -0.05) is 26.2 Å². The van der Waals surface area contributed by atoms with E-state index >= 15 is 0 Å². The molecule has 2 aromatic rings. The van der Waals surface area contributed by atoms with Crippen LogP contribution in [-0.4, -0.2) is 17.1 Å². The molecular weight excluding hydrogens is 224 g/mol. The highest BCUT2D eigenvalue weighted by atomic mass is 16.5. The van der Waals surface area contributed by atoms with Crippen LogP contribution in [0.3, 0.4) is 0 Å². The van der Waals surface area contributed by atoms with E-state index in [0.717, 1.165) is 22.6 Å². The second-order valence-corrected chi connectivity index (χ2v) is 5.59. The van der Waals surface area contributed by atoms with Crippen molar-refractivity contribution in [2.45, 2.75) is 44.4 Å². The van der Waals surface area contributed by atoms with Crippen molar-refractivity contribution in [1.82, 2.24) is 9.97 Å². The third-order valence-electron chi connectivity index (χ3n) is 4.22. The van der Waals surface area contributed by atoms with Gasteiger partial charge in [0.2, 0.25) is 0 Å². The molecule has 1 aliphatic carbocycles. The number of nitrogens with one attached hydrogen (secondary N) is 1. The predicted molar refractivity (Wildman–Crippen MR) is 73.1 cm³/mol. The molecule has 1 aromatic carbocycles. The zero-order valence-electron chi connectivity index (χ0n) is 11.1. The van der Waals surface area contributed by atoms with Crippen LogP contribution in [0.2, 0.25) is 0 Å². The van der Waals surface area contributed by atoms with Gasteiger partial charge >= 0.3 is 0 Å². The summed E-state index contributed by atoms with van der Waals surface area (Å²) in [5.74, 6) is 2.02. The smallest absolute Gasteiger partial charge is 0.121 e. The Balaban J connectivity index is 2.02. The Kier molecular flexibility index (Phi) is 2.77. The molecule has 3 nitrogen and oxygen atoms in total. The van der Waals surface area contributed by atoms with E-state index in [2.05, 4.69) is 11.9 Å². The quantitative estimate of drug-likeness (QED) is 0.872. The average molecular weight is 244 g/mol.